The standard InChI is InChI=1S/C24H20N2O4/c1-30-19-12-6-5-11-18(19)22(27)20-21(17-9-3-2-4-10-17)26(24(29)23(20)28)15-16-8-7-13-25-14-16/h2-14,21,27H,15H2,1H3/b22-20-. The van der Waals surface area contributed by atoms with Gasteiger partial charge in [0.05, 0.1) is 24.3 Å². The van der Waals surface area contributed by atoms with Crippen LogP contribution in [0.5, 0.6) is 5.75 Å². The third kappa shape index (κ3) is 3.43. The van der Waals surface area contributed by atoms with Gasteiger partial charge < -0.3 is 14.7 Å². The van der Waals surface area contributed by atoms with Crippen LogP contribution in [0.15, 0.2) is 84.7 Å². The average molecular weight is 400 g/mol. The Hall–Kier alpha value is -3.93. The van der Waals surface area contributed by atoms with Crippen LogP contribution in [0.3, 0.4) is 0 Å². The van der Waals surface area contributed by atoms with Gasteiger partial charge in [-0.2, -0.15) is 0 Å². The third-order valence-electron chi connectivity index (χ3n) is 5.09. The number of amides is 1. The van der Waals surface area contributed by atoms with E-state index in [2.05, 4.69) is 4.98 Å². The number of ether oxygens (including phenoxy) is 1. The number of methoxy groups -OCH3 is 1. The summed E-state index contributed by atoms with van der Waals surface area (Å²) >= 11 is 0. The maximum atomic E-state index is 13.0. The fraction of sp³-hybridized carbons (Fsp3) is 0.125. The van der Waals surface area contributed by atoms with Crippen molar-refractivity contribution < 1.29 is 19.4 Å². The zero-order valence-electron chi connectivity index (χ0n) is 16.4. The monoisotopic (exact) mass is 400 g/mol. The highest BCUT2D eigenvalue weighted by Crippen LogP contribution is 2.41. The Bertz CT molecular complexity index is 1110. The minimum atomic E-state index is -0.726. The molecule has 0 spiro atoms. The van der Waals surface area contributed by atoms with Crippen LogP contribution in [0.25, 0.3) is 5.76 Å². The van der Waals surface area contributed by atoms with Gasteiger partial charge in [0.2, 0.25) is 0 Å². The van der Waals surface area contributed by atoms with Gasteiger partial charge in [-0.05, 0) is 29.3 Å². The molecule has 4 rings (SSSR count). The second-order valence-corrected chi connectivity index (χ2v) is 6.90. The molecule has 150 valence electrons. The van der Waals surface area contributed by atoms with E-state index in [1.807, 2.05) is 36.4 Å². The number of ketones is 1. The molecule has 6 heteroatoms. The lowest BCUT2D eigenvalue weighted by Crippen LogP contribution is -2.29. The molecule has 6 nitrogen and oxygen atoms in total. The Labute approximate surface area is 174 Å². The molecule has 1 saturated heterocycles. The molecule has 0 saturated carbocycles. The lowest BCUT2D eigenvalue weighted by molar-refractivity contribution is -0.140. The highest BCUT2D eigenvalue weighted by atomic mass is 16.5. The Morgan fingerprint density at radius 1 is 1.03 bits per heavy atom. The van der Waals surface area contributed by atoms with Gasteiger partial charge in [0, 0.05) is 18.9 Å². The van der Waals surface area contributed by atoms with Gasteiger partial charge in [0.25, 0.3) is 11.7 Å². The first kappa shape index (κ1) is 19.4. The van der Waals surface area contributed by atoms with E-state index in [9.17, 15) is 14.7 Å². The summed E-state index contributed by atoms with van der Waals surface area (Å²) in [5, 5.41) is 11.1. The van der Waals surface area contributed by atoms with E-state index in [0.717, 1.165) is 11.1 Å². The van der Waals surface area contributed by atoms with E-state index in [1.54, 1.807) is 42.7 Å². The van der Waals surface area contributed by atoms with Crippen molar-refractivity contribution in [1.29, 1.82) is 0 Å². The molecular formula is C24H20N2O4. The summed E-state index contributed by atoms with van der Waals surface area (Å²) in [4.78, 5) is 31.6. The van der Waals surface area contributed by atoms with Crippen LogP contribution in [-0.4, -0.2) is 33.8 Å². The number of Topliss-reactive ketones (excluding diaryl/α,β-unsaturated/α-hetero) is 1. The largest absolute Gasteiger partial charge is 0.507 e. The molecule has 1 aromatic heterocycles. The number of benzene rings is 2. The Morgan fingerprint density at radius 2 is 1.77 bits per heavy atom. The molecular weight excluding hydrogens is 380 g/mol. The van der Waals surface area contributed by atoms with Gasteiger partial charge in [0.1, 0.15) is 11.5 Å². The van der Waals surface area contributed by atoms with E-state index >= 15 is 0 Å². The van der Waals surface area contributed by atoms with Crippen molar-refractivity contribution in [2.24, 2.45) is 0 Å². The summed E-state index contributed by atoms with van der Waals surface area (Å²) in [5.74, 6) is -1.23. The normalized spacial score (nSPS) is 17.9. The molecule has 1 aliphatic rings. The first-order chi connectivity index (χ1) is 14.6. The van der Waals surface area contributed by atoms with Gasteiger partial charge >= 0.3 is 0 Å². The minimum absolute atomic E-state index is 0.0413. The van der Waals surface area contributed by atoms with Gasteiger partial charge in [-0.15, -0.1) is 0 Å². The number of carbonyl (C=O) groups is 2. The van der Waals surface area contributed by atoms with Crippen LogP contribution in [0, 0.1) is 0 Å². The summed E-state index contributed by atoms with van der Waals surface area (Å²) < 4.78 is 5.34. The Morgan fingerprint density at radius 3 is 2.47 bits per heavy atom. The molecule has 2 heterocycles. The van der Waals surface area contributed by atoms with Crippen molar-refractivity contribution in [3.05, 3.63) is 101 Å². The summed E-state index contributed by atoms with van der Waals surface area (Å²) in [6.07, 6.45) is 3.30. The van der Waals surface area contributed by atoms with Crippen molar-refractivity contribution in [2.45, 2.75) is 12.6 Å². The number of carbonyl (C=O) groups excluding carboxylic acids is 2. The molecule has 1 N–H and O–H groups in total. The molecule has 0 radical (unpaired) electrons. The zero-order chi connectivity index (χ0) is 21.1. The number of aliphatic hydroxyl groups is 1. The van der Waals surface area contributed by atoms with Crippen LogP contribution >= 0.6 is 0 Å². The number of para-hydroxylation sites is 1. The minimum Gasteiger partial charge on any atom is -0.507 e. The van der Waals surface area contributed by atoms with Crippen LogP contribution < -0.4 is 4.74 Å². The smallest absolute Gasteiger partial charge is 0.295 e. The highest BCUT2D eigenvalue weighted by molar-refractivity contribution is 6.46. The van der Waals surface area contributed by atoms with Gasteiger partial charge in [-0.25, -0.2) is 0 Å². The summed E-state index contributed by atoms with van der Waals surface area (Å²) in [6.45, 7) is 0.195. The van der Waals surface area contributed by atoms with E-state index in [0.29, 0.717) is 11.3 Å². The van der Waals surface area contributed by atoms with E-state index in [1.165, 1.54) is 12.0 Å². The fourth-order valence-electron chi connectivity index (χ4n) is 3.70. The number of aliphatic hydroxyl groups excluding tert-OH is 1. The number of hydrogen-bond acceptors (Lipinski definition) is 5. The molecule has 2 aromatic carbocycles. The third-order valence-corrected chi connectivity index (χ3v) is 5.09. The second-order valence-electron chi connectivity index (χ2n) is 6.90. The van der Waals surface area contributed by atoms with Crippen LogP contribution in [0.4, 0.5) is 0 Å². The Kier molecular flexibility index (Phi) is 5.30. The molecule has 30 heavy (non-hydrogen) atoms. The molecule has 0 aliphatic carbocycles. The number of nitrogens with zero attached hydrogens (tertiary/aromatic N) is 2. The van der Waals surface area contributed by atoms with Gasteiger partial charge in [-0.1, -0.05) is 48.5 Å². The molecule has 1 aliphatic heterocycles. The van der Waals surface area contributed by atoms with Gasteiger partial charge in [-0.3, -0.25) is 14.6 Å². The van der Waals surface area contributed by atoms with Crippen molar-refractivity contribution in [2.75, 3.05) is 7.11 Å². The zero-order valence-corrected chi connectivity index (χ0v) is 16.4. The van der Waals surface area contributed by atoms with Crippen molar-refractivity contribution >= 4 is 17.4 Å². The molecule has 1 fully saturated rings. The summed E-state index contributed by atoms with van der Waals surface area (Å²) in [7, 11) is 1.49. The van der Waals surface area contributed by atoms with Crippen molar-refractivity contribution in [3.63, 3.8) is 0 Å². The molecule has 1 unspecified atom stereocenters. The molecule has 3 aromatic rings. The lowest BCUT2D eigenvalue weighted by atomic mass is 9.95. The predicted molar refractivity (Wildman–Crippen MR) is 112 cm³/mol. The number of likely N-dealkylation sites (tertiary alicyclic amines) is 1. The number of hydrogen-bond donors (Lipinski definition) is 1. The number of aromatic nitrogens is 1. The molecule has 1 atom stereocenters. The van der Waals surface area contributed by atoms with E-state index < -0.39 is 17.7 Å². The molecule has 0 bridgehead atoms. The highest BCUT2D eigenvalue weighted by Gasteiger charge is 2.46. The van der Waals surface area contributed by atoms with E-state index in [-0.39, 0.29) is 17.9 Å². The quantitative estimate of drug-likeness (QED) is 0.401. The maximum absolute atomic E-state index is 13.0. The number of pyridine rings is 1. The van der Waals surface area contributed by atoms with E-state index in [4.69, 9.17) is 4.74 Å². The lowest BCUT2D eigenvalue weighted by Gasteiger charge is -2.25. The average Bonchev–Trinajstić information content (AvgIpc) is 3.04. The second kappa shape index (κ2) is 8.21. The first-order valence-electron chi connectivity index (χ1n) is 9.47. The topological polar surface area (TPSA) is 79.7 Å². The number of rotatable bonds is 5. The maximum Gasteiger partial charge on any atom is 0.295 e. The van der Waals surface area contributed by atoms with Crippen molar-refractivity contribution in [1.82, 2.24) is 9.88 Å². The fourth-order valence-corrected chi connectivity index (χ4v) is 3.70. The van der Waals surface area contributed by atoms with Gasteiger partial charge in [0.15, 0.2) is 0 Å². The predicted octanol–water partition coefficient (Wildman–Crippen LogP) is 3.71. The molecule has 1 amide bonds. The van der Waals surface area contributed by atoms with Crippen LogP contribution in [-0.2, 0) is 16.1 Å². The van der Waals surface area contributed by atoms with Crippen LogP contribution in [0.1, 0.15) is 22.7 Å². The van der Waals surface area contributed by atoms with Crippen LogP contribution in [0.2, 0.25) is 0 Å². The SMILES string of the molecule is COc1ccccc1/C(O)=C1/C(=O)C(=O)N(Cc2cccnc2)C1c1ccccc1. The van der Waals surface area contributed by atoms with Crippen molar-refractivity contribution in [3.8, 4) is 5.75 Å². The summed E-state index contributed by atoms with van der Waals surface area (Å²) in [6, 6.07) is 18.9. The first-order valence-corrected chi connectivity index (χ1v) is 9.47. The Balaban J connectivity index is 1.88. The summed E-state index contributed by atoms with van der Waals surface area (Å²) in [5.41, 5.74) is 1.93.